The van der Waals surface area contributed by atoms with E-state index in [0.717, 1.165) is 0 Å². The summed E-state index contributed by atoms with van der Waals surface area (Å²) < 4.78 is 24.3. The molecular weight excluding hydrogens is 327 g/mol. The van der Waals surface area contributed by atoms with Gasteiger partial charge in [-0.3, -0.25) is 9.59 Å². The van der Waals surface area contributed by atoms with Crippen molar-refractivity contribution in [2.45, 2.75) is 19.4 Å². The van der Waals surface area contributed by atoms with E-state index in [1.165, 1.54) is 18.2 Å². The van der Waals surface area contributed by atoms with Gasteiger partial charge in [0, 0.05) is 11.8 Å². The Labute approximate surface area is 143 Å². The third-order valence-corrected chi connectivity index (χ3v) is 3.62. The lowest BCUT2D eigenvalue weighted by molar-refractivity contribution is -0.129. The Kier molecular flexibility index (Phi) is 4.31. The molecule has 0 radical (unpaired) electrons. The number of rotatable bonds is 4. The van der Waals surface area contributed by atoms with Gasteiger partial charge < -0.3 is 20.1 Å². The maximum absolute atomic E-state index is 13.5. The van der Waals surface area contributed by atoms with Gasteiger partial charge in [-0.15, -0.1) is 0 Å². The van der Waals surface area contributed by atoms with Gasteiger partial charge in [0.25, 0.3) is 11.8 Å². The van der Waals surface area contributed by atoms with Gasteiger partial charge in [-0.1, -0.05) is 12.1 Å². The molecule has 7 heteroatoms. The molecule has 0 fully saturated rings. The quantitative estimate of drug-likeness (QED) is 0.894. The highest BCUT2D eigenvalue weighted by Gasteiger charge is 2.35. The number of halogens is 1. The third kappa shape index (κ3) is 3.71. The van der Waals surface area contributed by atoms with E-state index in [2.05, 4.69) is 10.6 Å². The average Bonchev–Trinajstić information content (AvgIpc) is 2.55. The van der Waals surface area contributed by atoms with Crippen molar-refractivity contribution in [3.05, 3.63) is 48.3 Å². The minimum absolute atomic E-state index is 0.0101. The summed E-state index contributed by atoms with van der Waals surface area (Å²) in [7, 11) is 0. The van der Waals surface area contributed by atoms with Gasteiger partial charge in [-0.2, -0.15) is 0 Å². The number of para-hydroxylation sites is 1. The van der Waals surface area contributed by atoms with Crippen LogP contribution in [0, 0.1) is 5.82 Å². The molecule has 1 aliphatic heterocycles. The molecule has 0 spiro atoms. The second-order valence-electron chi connectivity index (χ2n) is 6.04. The third-order valence-electron chi connectivity index (χ3n) is 3.62. The SMILES string of the molecule is CC1(C)Oc2cc(NC(=O)COc3ccccc3F)ccc2NC1=O. The first-order valence-corrected chi connectivity index (χ1v) is 7.67. The number of anilines is 2. The first kappa shape index (κ1) is 16.8. The predicted octanol–water partition coefficient (Wildman–Crippen LogP) is 2.95. The molecular formula is C18H17FN2O4. The molecule has 1 aliphatic rings. The Balaban J connectivity index is 1.65. The van der Waals surface area contributed by atoms with E-state index in [0.29, 0.717) is 17.1 Å². The molecule has 0 saturated heterocycles. The van der Waals surface area contributed by atoms with Crippen molar-refractivity contribution in [2.24, 2.45) is 0 Å². The van der Waals surface area contributed by atoms with Crippen LogP contribution in [-0.4, -0.2) is 24.0 Å². The molecule has 0 aliphatic carbocycles. The normalized spacial score (nSPS) is 14.8. The van der Waals surface area contributed by atoms with Crippen LogP contribution in [0.3, 0.4) is 0 Å². The Morgan fingerprint density at radius 3 is 2.80 bits per heavy atom. The van der Waals surface area contributed by atoms with Crippen LogP contribution in [0.25, 0.3) is 0 Å². The first-order chi connectivity index (χ1) is 11.8. The van der Waals surface area contributed by atoms with Crippen LogP contribution in [0.5, 0.6) is 11.5 Å². The summed E-state index contributed by atoms with van der Waals surface area (Å²) in [6, 6.07) is 10.7. The second-order valence-corrected chi connectivity index (χ2v) is 6.04. The van der Waals surface area contributed by atoms with Crippen molar-refractivity contribution in [3.63, 3.8) is 0 Å². The molecule has 2 amide bonds. The lowest BCUT2D eigenvalue weighted by atomic mass is 10.1. The largest absolute Gasteiger partial charge is 0.481 e. The molecule has 0 aromatic heterocycles. The second kappa shape index (κ2) is 6.43. The minimum Gasteiger partial charge on any atom is -0.481 e. The maximum Gasteiger partial charge on any atom is 0.268 e. The van der Waals surface area contributed by atoms with Gasteiger partial charge in [0.05, 0.1) is 5.69 Å². The maximum atomic E-state index is 13.5. The number of nitrogens with one attached hydrogen (secondary N) is 2. The molecule has 6 nitrogen and oxygen atoms in total. The molecule has 1 heterocycles. The Morgan fingerprint density at radius 2 is 2.04 bits per heavy atom. The Morgan fingerprint density at radius 1 is 1.28 bits per heavy atom. The zero-order valence-electron chi connectivity index (χ0n) is 13.8. The summed E-state index contributed by atoms with van der Waals surface area (Å²) in [6.07, 6.45) is 0. The van der Waals surface area contributed by atoms with E-state index in [4.69, 9.17) is 9.47 Å². The summed E-state index contributed by atoms with van der Waals surface area (Å²) in [5.74, 6) is -0.749. The molecule has 0 unspecified atom stereocenters. The van der Waals surface area contributed by atoms with E-state index in [1.54, 1.807) is 38.1 Å². The van der Waals surface area contributed by atoms with E-state index in [1.807, 2.05) is 0 Å². The number of fused-ring (bicyclic) bond motifs is 1. The van der Waals surface area contributed by atoms with Crippen molar-refractivity contribution in [2.75, 3.05) is 17.2 Å². The number of hydrogen-bond acceptors (Lipinski definition) is 4. The smallest absolute Gasteiger partial charge is 0.268 e. The zero-order chi connectivity index (χ0) is 18.0. The van der Waals surface area contributed by atoms with Gasteiger partial charge in [0.2, 0.25) is 0 Å². The van der Waals surface area contributed by atoms with E-state index >= 15 is 0 Å². The minimum atomic E-state index is -0.996. The number of carbonyl (C=O) groups is 2. The van der Waals surface area contributed by atoms with Crippen molar-refractivity contribution < 1.29 is 23.5 Å². The lowest BCUT2D eigenvalue weighted by Gasteiger charge is -2.31. The summed E-state index contributed by atoms with van der Waals surface area (Å²) in [4.78, 5) is 23.8. The average molecular weight is 344 g/mol. The first-order valence-electron chi connectivity index (χ1n) is 7.67. The molecule has 0 saturated carbocycles. The fourth-order valence-corrected chi connectivity index (χ4v) is 2.28. The van der Waals surface area contributed by atoms with Crippen LogP contribution >= 0.6 is 0 Å². The standard InChI is InChI=1S/C18H17FN2O4/c1-18(2)17(23)21-13-8-7-11(9-15(13)25-18)20-16(22)10-24-14-6-4-3-5-12(14)19/h3-9H,10H2,1-2H3,(H,20,22)(H,21,23). The fraction of sp³-hybridized carbons (Fsp3) is 0.222. The summed E-state index contributed by atoms with van der Waals surface area (Å²) >= 11 is 0. The van der Waals surface area contributed by atoms with Crippen LogP contribution in [0.4, 0.5) is 15.8 Å². The Bertz CT molecular complexity index is 836. The summed E-state index contributed by atoms with van der Waals surface area (Å²) in [5, 5.41) is 5.38. The summed E-state index contributed by atoms with van der Waals surface area (Å²) in [6.45, 7) is 2.97. The van der Waals surface area contributed by atoms with Crippen molar-refractivity contribution in [1.29, 1.82) is 0 Å². The van der Waals surface area contributed by atoms with Gasteiger partial charge in [-0.25, -0.2) is 4.39 Å². The van der Waals surface area contributed by atoms with E-state index in [-0.39, 0.29) is 18.3 Å². The monoisotopic (exact) mass is 344 g/mol. The number of carbonyl (C=O) groups excluding carboxylic acids is 2. The van der Waals surface area contributed by atoms with E-state index in [9.17, 15) is 14.0 Å². The van der Waals surface area contributed by atoms with E-state index < -0.39 is 17.3 Å². The highest BCUT2D eigenvalue weighted by molar-refractivity contribution is 6.01. The molecule has 3 rings (SSSR count). The number of hydrogen-bond donors (Lipinski definition) is 2. The lowest BCUT2D eigenvalue weighted by Crippen LogP contribution is -2.45. The highest BCUT2D eigenvalue weighted by Crippen LogP contribution is 2.35. The summed E-state index contributed by atoms with van der Waals surface area (Å²) in [5.41, 5.74) is 0.0154. The predicted molar refractivity (Wildman–Crippen MR) is 90.3 cm³/mol. The van der Waals surface area contributed by atoms with Crippen LogP contribution in [0.2, 0.25) is 0 Å². The molecule has 0 atom stereocenters. The number of benzene rings is 2. The van der Waals surface area contributed by atoms with Gasteiger partial charge >= 0.3 is 0 Å². The van der Waals surface area contributed by atoms with Gasteiger partial charge in [0.1, 0.15) is 5.75 Å². The van der Waals surface area contributed by atoms with Crippen LogP contribution in [0.1, 0.15) is 13.8 Å². The highest BCUT2D eigenvalue weighted by atomic mass is 19.1. The molecule has 2 N–H and O–H groups in total. The Hall–Kier alpha value is -3.09. The molecule has 0 bridgehead atoms. The van der Waals surface area contributed by atoms with Crippen LogP contribution < -0.4 is 20.1 Å². The molecule has 2 aromatic carbocycles. The van der Waals surface area contributed by atoms with Gasteiger partial charge in [-0.05, 0) is 38.1 Å². The number of amides is 2. The topological polar surface area (TPSA) is 76.7 Å². The van der Waals surface area contributed by atoms with Crippen molar-refractivity contribution in [1.82, 2.24) is 0 Å². The van der Waals surface area contributed by atoms with Crippen LogP contribution in [-0.2, 0) is 9.59 Å². The van der Waals surface area contributed by atoms with Crippen molar-refractivity contribution >= 4 is 23.2 Å². The van der Waals surface area contributed by atoms with Crippen molar-refractivity contribution in [3.8, 4) is 11.5 Å². The zero-order valence-corrected chi connectivity index (χ0v) is 13.8. The molecule has 2 aromatic rings. The van der Waals surface area contributed by atoms with Gasteiger partial charge in [0.15, 0.2) is 23.8 Å². The molecule has 25 heavy (non-hydrogen) atoms. The fourth-order valence-electron chi connectivity index (χ4n) is 2.28. The van der Waals surface area contributed by atoms with Crippen LogP contribution in [0.15, 0.2) is 42.5 Å². The molecule has 130 valence electrons. The number of ether oxygens (including phenoxy) is 2.